The molecular weight excluding hydrogens is 430 g/mol. The molecule has 0 aliphatic rings. The monoisotopic (exact) mass is 450 g/mol. The van der Waals surface area contributed by atoms with Crippen LogP contribution in [0.25, 0.3) is 11.0 Å². The van der Waals surface area contributed by atoms with Gasteiger partial charge in [0.25, 0.3) is 5.91 Å². The SMILES string of the molecule is CCCS(=O)(=O)Nc1ccc(F)c(C(=O)c2c[nH]c3ncc(C(=O)NCC)cc23)c1F. The van der Waals surface area contributed by atoms with Crippen molar-refractivity contribution in [3.05, 3.63) is 58.9 Å². The highest BCUT2D eigenvalue weighted by Gasteiger charge is 2.26. The number of hydrogen-bond donors (Lipinski definition) is 3. The summed E-state index contributed by atoms with van der Waals surface area (Å²) in [6, 6.07) is 3.12. The summed E-state index contributed by atoms with van der Waals surface area (Å²) in [7, 11) is -3.86. The smallest absolute Gasteiger partial charge is 0.252 e. The maximum atomic E-state index is 15.0. The maximum absolute atomic E-state index is 15.0. The Kier molecular flexibility index (Phi) is 6.34. The number of sulfonamides is 1. The van der Waals surface area contributed by atoms with Crippen molar-refractivity contribution in [1.29, 1.82) is 0 Å². The highest BCUT2D eigenvalue weighted by Crippen LogP contribution is 2.27. The second kappa shape index (κ2) is 8.80. The van der Waals surface area contributed by atoms with Gasteiger partial charge in [0.05, 0.1) is 22.6 Å². The number of aromatic nitrogens is 2. The minimum Gasteiger partial charge on any atom is -0.352 e. The molecule has 0 atom stereocenters. The molecule has 3 aromatic rings. The van der Waals surface area contributed by atoms with Crippen LogP contribution in [0.1, 0.15) is 46.5 Å². The Morgan fingerprint density at radius 2 is 1.94 bits per heavy atom. The molecule has 0 fully saturated rings. The lowest BCUT2D eigenvalue weighted by molar-refractivity contribution is 0.0954. The number of amides is 1. The summed E-state index contributed by atoms with van der Waals surface area (Å²) in [4.78, 5) is 31.9. The van der Waals surface area contributed by atoms with Gasteiger partial charge in [-0.05, 0) is 31.5 Å². The molecule has 3 N–H and O–H groups in total. The molecule has 164 valence electrons. The van der Waals surface area contributed by atoms with Gasteiger partial charge in [-0.2, -0.15) is 0 Å². The molecule has 0 radical (unpaired) electrons. The fraction of sp³-hybridized carbons (Fsp3) is 0.250. The van der Waals surface area contributed by atoms with Gasteiger partial charge in [0.15, 0.2) is 5.82 Å². The van der Waals surface area contributed by atoms with Gasteiger partial charge in [0, 0.05) is 29.9 Å². The lowest BCUT2D eigenvalue weighted by Crippen LogP contribution is -2.22. The summed E-state index contributed by atoms with van der Waals surface area (Å²) in [6.07, 6.45) is 2.83. The van der Waals surface area contributed by atoms with E-state index in [1.165, 1.54) is 18.5 Å². The average molecular weight is 450 g/mol. The van der Waals surface area contributed by atoms with Gasteiger partial charge < -0.3 is 10.3 Å². The van der Waals surface area contributed by atoms with Crippen LogP contribution in [0, 0.1) is 11.6 Å². The molecule has 0 unspecified atom stereocenters. The van der Waals surface area contributed by atoms with Crippen molar-refractivity contribution in [2.75, 3.05) is 17.0 Å². The average Bonchev–Trinajstić information content (AvgIpc) is 3.13. The van der Waals surface area contributed by atoms with E-state index in [2.05, 4.69) is 15.3 Å². The normalized spacial score (nSPS) is 11.5. The Bertz CT molecular complexity index is 1270. The molecule has 1 amide bonds. The van der Waals surface area contributed by atoms with Gasteiger partial charge in [0.2, 0.25) is 15.8 Å². The lowest BCUT2D eigenvalue weighted by Gasteiger charge is -2.11. The summed E-state index contributed by atoms with van der Waals surface area (Å²) in [5.41, 5.74) is -1.14. The summed E-state index contributed by atoms with van der Waals surface area (Å²) < 4.78 is 55.4. The number of nitrogens with one attached hydrogen (secondary N) is 3. The predicted octanol–water partition coefficient (Wildman–Crippen LogP) is 2.97. The fourth-order valence-electron chi connectivity index (χ4n) is 3.04. The Morgan fingerprint density at radius 1 is 1.19 bits per heavy atom. The van der Waals surface area contributed by atoms with Crippen LogP contribution in [0.5, 0.6) is 0 Å². The molecule has 3 rings (SSSR count). The Hall–Kier alpha value is -3.34. The first-order valence-electron chi connectivity index (χ1n) is 9.47. The maximum Gasteiger partial charge on any atom is 0.252 e. The predicted molar refractivity (Wildman–Crippen MR) is 112 cm³/mol. The van der Waals surface area contributed by atoms with Crippen molar-refractivity contribution in [2.45, 2.75) is 20.3 Å². The Balaban J connectivity index is 2.07. The van der Waals surface area contributed by atoms with Gasteiger partial charge in [0.1, 0.15) is 11.5 Å². The third-order valence-corrected chi connectivity index (χ3v) is 5.91. The van der Waals surface area contributed by atoms with E-state index < -0.39 is 44.6 Å². The molecule has 0 aliphatic heterocycles. The number of benzene rings is 1. The molecule has 0 saturated heterocycles. The van der Waals surface area contributed by atoms with Crippen LogP contribution in [0.15, 0.2) is 30.6 Å². The second-order valence-corrected chi connectivity index (χ2v) is 8.56. The third kappa shape index (κ3) is 4.55. The molecule has 0 spiro atoms. The van der Waals surface area contributed by atoms with Crippen molar-refractivity contribution >= 4 is 38.4 Å². The number of pyridine rings is 1. The minimum atomic E-state index is -3.86. The summed E-state index contributed by atoms with van der Waals surface area (Å²) in [5.74, 6) is -4.17. The van der Waals surface area contributed by atoms with E-state index in [9.17, 15) is 26.8 Å². The first-order valence-corrected chi connectivity index (χ1v) is 11.1. The Morgan fingerprint density at radius 3 is 2.61 bits per heavy atom. The molecule has 1 aromatic carbocycles. The molecule has 0 bridgehead atoms. The van der Waals surface area contributed by atoms with Gasteiger partial charge in [-0.1, -0.05) is 6.92 Å². The number of ketones is 1. The molecule has 11 heteroatoms. The number of rotatable bonds is 8. The van der Waals surface area contributed by atoms with Crippen molar-refractivity contribution in [3.8, 4) is 0 Å². The van der Waals surface area contributed by atoms with E-state index in [1.807, 2.05) is 4.72 Å². The van der Waals surface area contributed by atoms with Gasteiger partial charge in [-0.15, -0.1) is 0 Å². The van der Waals surface area contributed by atoms with Crippen LogP contribution in [-0.4, -0.2) is 42.4 Å². The zero-order valence-corrected chi connectivity index (χ0v) is 17.6. The van der Waals surface area contributed by atoms with Crippen LogP contribution in [0.2, 0.25) is 0 Å². The molecule has 0 aliphatic carbocycles. The van der Waals surface area contributed by atoms with Crippen LogP contribution in [-0.2, 0) is 10.0 Å². The number of carbonyl (C=O) groups excluding carboxylic acids is 2. The van der Waals surface area contributed by atoms with E-state index in [-0.39, 0.29) is 27.9 Å². The molecule has 2 aromatic heterocycles. The first kappa shape index (κ1) is 22.3. The second-order valence-electron chi connectivity index (χ2n) is 6.72. The Labute approximate surface area is 177 Å². The van der Waals surface area contributed by atoms with Crippen LogP contribution < -0.4 is 10.0 Å². The standard InChI is InChI=1S/C20H20F2N4O4S/c1-3-7-31(29,30)26-15-6-5-14(21)16(17(15)22)18(27)13-10-25-19-12(13)8-11(9-24-19)20(28)23-4-2/h5-6,8-10,26H,3-4,7H2,1-2H3,(H,23,28)(H,24,25). The number of carbonyl (C=O) groups is 2. The number of halogens is 2. The largest absolute Gasteiger partial charge is 0.352 e. The molecule has 2 heterocycles. The van der Waals surface area contributed by atoms with Gasteiger partial charge >= 0.3 is 0 Å². The van der Waals surface area contributed by atoms with E-state index >= 15 is 0 Å². The fourth-order valence-corrected chi connectivity index (χ4v) is 4.17. The highest BCUT2D eigenvalue weighted by atomic mass is 32.2. The topological polar surface area (TPSA) is 121 Å². The van der Waals surface area contributed by atoms with Crippen molar-refractivity contribution < 1.29 is 26.8 Å². The number of fused-ring (bicyclic) bond motifs is 1. The zero-order valence-electron chi connectivity index (χ0n) is 16.8. The van der Waals surface area contributed by atoms with E-state index in [0.29, 0.717) is 13.0 Å². The number of anilines is 1. The zero-order chi connectivity index (χ0) is 22.8. The quantitative estimate of drug-likeness (QED) is 0.456. The van der Waals surface area contributed by atoms with Crippen molar-refractivity contribution in [2.24, 2.45) is 0 Å². The number of nitrogens with zero attached hydrogens (tertiary/aromatic N) is 1. The third-order valence-electron chi connectivity index (χ3n) is 4.43. The summed E-state index contributed by atoms with van der Waals surface area (Å²) in [5, 5.41) is 2.80. The molecule has 8 nitrogen and oxygen atoms in total. The summed E-state index contributed by atoms with van der Waals surface area (Å²) >= 11 is 0. The number of H-pyrrole nitrogens is 1. The highest BCUT2D eigenvalue weighted by molar-refractivity contribution is 7.92. The van der Waals surface area contributed by atoms with Crippen LogP contribution >= 0.6 is 0 Å². The van der Waals surface area contributed by atoms with Crippen LogP contribution in [0.3, 0.4) is 0 Å². The van der Waals surface area contributed by atoms with Crippen molar-refractivity contribution in [3.63, 3.8) is 0 Å². The molecule has 31 heavy (non-hydrogen) atoms. The number of hydrogen-bond acceptors (Lipinski definition) is 5. The summed E-state index contributed by atoms with van der Waals surface area (Å²) in [6.45, 7) is 3.75. The van der Waals surface area contributed by atoms with Crippen molar-refractivity contribution in [1.82, 2.24) is 15.3 Å². The van der Waals surface area contributed by atoms with Crippen LogP contribution in [0.4, 0.5) is 14.5 Å². The molecule has 0 saturated carbocycles. The molecular formula is C20H20F2N4O4S. The van der Waals surface area contributed by atoms with E-state index in [1.54, 1.807) is 13.8 Å². The van der Waals surface area contributed by atoms with E-state index in [4.69, 9.17) is 0 Å². The minimum absolute atomic E-state index is 0.111. The lowest BCUT2D eigenvalue weighted by atomic mass is 10.0. The van der Waals surface area contributed by atoms with Gasteiger partial charge in [-0.3, -0.25) is 14.3 Å². The van der Waals surface area contributed by atoms with Gasteiger partial charge in [-0.25, -0.2) is 22.2 Å². The number of aromatic amines is 1. The first-order chi connectivity index (χ1) is 14.7. The van der Waals surface area contributed by atoms with E-state index in [0.717, 1.165) is 12.1 Å².